The first kappa shape index (κ1) is 28.3. The van der Waals surface area contributed by atoms with Gasteiger partial charge in [-0.25, -0.2) is 15.0 Å². The summed E-state index contributed by atoms with van der Waals surface area (Å²) in [4.78, 5) is 30.9. The number of nitrogens with zero attached hydrogens (tertiary/aromatic N) is 3. The van der Waals surface area contributed by atoms with E-state index in [1.165, 1.54) is 5.57 Å². The number of aliphatic imine (C=N–C) groups is 3. The predicted molar refractivity (Wildman–Crippen MR) is 166 cm³/mol. The number of aromatic amines is 1. The normalized spacial score (nSPS) is 19.4. The molecule has 1 aromatic rings. The van der Waals surface area contributed by atoms with Crippen LogP contribution in [0.15, 0.2) is 89.5 Å². The fourth-order valence-electron chi connectivity index (χ4n) is 5.72. The molecule has 0 saturated carbocycles. The molecule has 0 atom stereocenters. The zero-order chi connectivity index (χ0) is 29.4. The molecular formula is C34H38N4O3. The number of H-pyrrole nitrogens is 1. The zero-order valence-electron chi connectivity index (χ0n) is 25.0. The minimum atomic E-state index is -0.203. The van der Waals surface area contributed by atoms with Gasteiger partial charge in [0.15, 0.2) is 0 Å². The third-order valence-corrected chi connectivity index (χ3v) is 7.99. The Kier molecular flexibility index (Phi) is 7.80. The van der Waals surface area contributed by atoms with Crippen molar-refractivity contribution in [1.29, 1.82) is 0 Å². The number of rotatable bonds is 6. The molecule has 8 bridgehead atoms. The first-order chi connectivity index (χ1) is 19.6. The van der Waals surface area contributed by atoms with E-state index in [1.54, 1.807) is 6.92 Å². The number of allylic oxidation sites excluding steroid dienone is 9. The topological polar surface area (TPSA) is 99.4 Å². The molecule has 2 N–H and O–H groups in total. The molecule has 0 fully saturated rings. The Hall–Kier alpha value is -4.26. The quantitative estimate of drug-likeness (QED) is 0.340. The van der Waals surface area contributed by atoms with Crippen molar-refractivity contribution in [1.82, 2.24) is 4.98 Å². The number of nitrogens with one attached hydrogen (secondary N) is 1. The third-order valence-electron chi connectivity index (χ3n) is 7.99. The molecule has 0 unspecified atom stereocenters. The second-order valence-corrected chi connectivity index (χ2v) is 10.9. The van der Waals surface area contributed by atoms with Gasteiger partial charge in [0.1, 0.15) is 0 Å². The minimum absolute atomic E-state index is 0.203. The highest BCUT2D eigenvalue weighted by molar-refractivity contribution is 6.25. The van der Waals surface area contributed by atoms with Gasteiger partial charge in [-0.3, -0.25) is 4.79 Å². The lowest BCUT2D eigenvalue weighted by molar-refractivity contribution is -0.143. The first-order valence-electron chi connectivity index (χ1n) is 14.4. The maximum absolute atomic E-state index is 12.4. The van der Waals surface area contributed by atoms with Crippen LogP contribution in [-0.2, 0) is 9.53 Å². The van der Waals surface area contributed by atoms with Gasteiger partial charge in [-0.05, 0) is 118 Å². The van der Waals surface area contributed by atoms with E-state index in [9.17, 15) is 9.90 Å². The summed E-state index contributed by atoms with van der Waals surface area (Å²) in [6, 6.07) is 2.12. The maximum atomic E-state index is 12.4. The van der Waals surface area contributed by atoms with Crippen LogP contribution in [0.5, 0.6) is 0 Å². The SMILES string of the molecule is CCCOC(=O)CCC1=C(C)C2=CC3=C(C)/C(=C(\C)O)C(=N3)C=C3N=C(C=c4[nH]c(cc4C)=CC1=N2)C(CC)=C3C. The van der Waals surface area contributed by atoms with E-state index in [0.717, 1.165) is 79.9 Å². The van der Waals surface area contributed by atoms with Crippen LogP contribution < -0.4 is 10.7 Å². The number of aryl methyl sites for hydroxylation is 1. The van der Waals surface area contributed by atoms with Gasteiger partial charge >= 0.3 is 5.97 Å². The monoisotopic (exact) mass is 550 g/mol. The Morgan fingerprint density at radius 2 is 1.56 bits per heavy atom. The van der Waals surface area contributed by atoms with Crippen molar-refractivity contribution >= 4 is 35.3 Å². The summed E-state index contributed by atoms with van der Waals surface area (Å²) in [7, 11) is 0. The second kappa shape index (κ2) is 11.3. The van der Waals surface area contributed by atoms with Gasteiger partial charge in [0.05, 0.1) is 46.6 Å². The van der Waals surface area contributed by atoms with E-state index in [4.69, 9.17) is 19.7 Å². The van der Waals surface area contributed by atoms with Crippen LogP contribution in [0.2, 0.25) is 0 Å². The number of aliphatic hydroxyl groups excluding tert-OH is 1. The summed E-state index contributed by atoms with van der Waals surface area (Å²) in [5.74, 6) is 0.0119. The van der Waals surface area contributed by atoms with E-state index >= 15 is 0 Å². The molecule has 0 aromatic carbocycles. The number of fused-ring (bicyclic) bond motifs is 5. The summed E-state index contributed by atoms with van der Waals surface area (Å²) in [6.45, 7) is 14.4. The van der Waals surface area contributed by atoms with E-state index in [-0.39, 0.29) is 18.1 Å². The molecule has 5 heterocycles. The van der Waals surface area contributed by atoms with Crippen LogP contribution >= 0.6 is 0 Å². The van der Waals surface area contributed by atoms with Gasteiger partial charge in [0, 0.05) is 22.7 Å². The molecule has 0 spiro atoms. The highest BCUT2D eigenvalue weighted by atomic mass is 16.5. The summed E-state index contributed by atoms with van der Waals surface area (Å²) >= 11 is 0. The first-order valence-corrected chi connectivity index (χ1v) is 14.4. The standard InChI is InChI=1S/C34H38N4O3/c1-8-12-41-33(40)11-10-25-20(5)27-16-29-21(6)34(22(7)39)32(38-29)17-28-19(4)24(9-2)31(37-28)15-26-18(3)13-23(35-26)14-30(25)36-27/h13-17,35,39H,8-12H2,1-7H3/b23-14?,26-15?,27-16?,28-17?,34-22-. The highest BCUT2D eigenvalue weighted by Gasteiger charge is 2.27. The molecule has 7 heteroatoms. The summed E-state index contributed by atoms with van der Waals surface area (Å²) in [6.07, 6.45) is 10.6. The van der Waals surface area contributed by atoms with Crippen molar-refractivity contribution in [2.24, 2.45) is 15.0 Å². The van der Waals surface area contributed by atoms with Crippen molar-refractivity contribution in [3.63, 3.8) is 0 Å². The van der Waals surface area contributed by atoms with Crippen molar-refractivity contribution in [3.8, 4) is 0 Å². The highest BCUT2D eigenvalue weighted by Crippen LogP contribution is 2.36. The lowest BCUT2D eigenvalue weighted by Crippen LogP contribution is -2.15. The molecule has 1 aromatic heterocycles. The fourth-order valence-corrected chi connectivity index (χ4v) is 5.72. The molecule has 0 aliphatic carbocycles. The Morgan fingerprint density at radius 1 is 0.878 bits per heavy atom. The zero-order valence-corrected chi connectivity index (χ0v) is 25.0. The summed E-state index contributed by atoms with van der Waals surface area (Å²) in [5, 5.41) is 12.6. The molecule has 0 saturated heterocycles. The lowest BCUT2D eigenvalue weighted by atomic mass is 9.98. The van der Waals surface area contributed by atoms with Gasteiger partial charge in [0.2, 0.25) is 0 Å². The fraction of sp³-hybridized carbons (Fsp3) is 0.353. The number of aliphatic hydroxyl groups is 1. The number of carbonyl (C=O) groups excluding carboxylic acids is 1. The van der Waals surface area contributed by atoms with Crippen LogP contribution in [0.1, 0.15) is 72.8 Å². The molecule has 4 aliphatic heterocycles. The third kappa shape index (κ3) is 5.41. The molecule has 212 valence electrons. The number of carbonyl (C=O) groups is 1. The van der Waals surface area contributed by atoms with Crippen molar-refractivity contribution in [2.75, 3.05) is 6.61 Å². The molecule has 41 heavy (non-hydrogen) atoms. The van der Waals surface area contributed by atoms with Gasteiger partial charge < -0.3 is 14.8 Å². The van der Waals surface area contributed by atoms with Crippen molar-refractivity contribution in [3.05, 3.63) is 90.8 Å². The Morgan fingerprint density at radius 3 is 2.24 bits per heavy atom. The molecule has 0 amide bonds. The number of aromatic nitrogens is 1. The van der Waals surface area contributed by atoms with Crippen LogP contribution in [0, 0.1) is 6.92 Å². The number of hydrogen-bond acceptors (Lipinski definition) is 6. The average molecular weight is 551 g/mol. The number of hydrogen-bond donors (Lipinski definition) is 2. The Bertz CT molecular complexity index is 1760. The predicted octanol–water partition coefficient (Wildman–Crippen LogP) is 5.91. The second-order valence-electron chi connectivity index (χ2n) is 10.9. The van der Waals surface area contributed by atoms with Gasteiger partial charge in [-0.15, -0.1) is 0 Å². The van der Waals surface area contributed by atoms with Crippen molar-refractivity contribution < 1.29 is 14.6 Å². The number of ether oxygens (including phenoxy) is 1. The largest absolute Gasteiger partial charge is 0.512 e. The van der Waals surface area contributed by atoms with Crippen LogP contribution in [0.3, 0.4) is 0 Å². The lowest BCUT2D eigenvalue weighted by Gasteiger charge is -2.06. The maximum Gasteiger partial charge on any atom is 0.306 e. The van der Waals surface area contributed by atoms with E-state index in [0.29, 0.717) is 24.3 Å². The van der Waals surface area contributed by atoms with Crippen LogP contribution in [0.25, 0.3) is 12.2 Å². The molecule has 0 radical (unpaired) electrons. The minimum Gasteiger partial charge on any atom is -0.512 e. The molecule has 4 aliphatic rings. The van der Waals surface area contributed by atoms with Crippen LogP contribution in [0.4, 0.5) is 0 Å². The molecule has 7 nitrogen and oxygen atoms in total. The van der Waals surface area contributed by atoms with Gasteiger partial charge in [0.25, 0.3) is 0 Å². The van der Waals surface area contributed by atoms with E-state index < -0.39 is 0 Å². The summed E-state index contributed by atoms with van der Waals surface area (Å²) in [5.41, 5.74) is 11.9. The van der Waals surface area contributed by atoms with Gasteiger partial charge in [-0.2, -0.15) is 0 Å². The Balaban J connectivity index is 1.72. The van der Waals surface area contributed by atoms with Crippen molar-refractivity contribution in [2.45, 2.75) is 74.1 Å². The van der Waals surface area contributed by atoms with Gasteiger partial charge in [-0.1, -0.05) is 13.8 Å². The molecule has 5 rings (SSSR count). The smallest absolute Gasteiger partial charge is 0.306 e. The summed E-state index contributed by atoms with van der Waals surface area (Å²) < 4.78 is 5.34. The number of esters is 1. The Labute approximate surface area is 241 Å². The average Bonchev–Trinajstić information content (AvgIpc) is 3.60. The van der Waals surface area contributed by atoms with Crippen LogP contribution in [-0.4, -0.2) is 39.8 Å². The van der Waals surface area contributed by atoms with E-state index in [2.05, 4.69) is 37.9 Å². The van der Waals surface area contributed by atoms with E-state index in [1.807, 2.05) is 39.0 Å². The molecular weight excluding hydrogens is 512 g/mol.